The van der Waals surface area contributed by atoms with Gasteiger partial charge in [0, 0.05) is 45.2 Å². The number of ether oxygens (including phenoxy) is 1. The molecule has 5 nitrogen and oxygen atoms in total. The van der Waals surface area contributed by atoms with E-state index in [1.165, 1.54) is 30.6 Å². The maximum atomic E-state index is 12.8. The molecule has 2 aliphatic heterocycles. The van der Waals surface area contributed by atoms with Crippen LogP contribution in [0.25, 0.3) is 0 Å². The molecule has 2 saturated heterocycles. The van der Waals surface area contributed by atoms with Gasteiger partial charge in [0.05, 0.1) is 24.6 Å². The number of piperazine rings is 1. The van der Waals surface area contributed by atoms with Crippen LogP contribution in [-0.4, -0.2) is 63.3 Å². The third-order valence-electron chi connectivity index (χ3n) is 6.12. The first-order valence-electron chi connectivity index (χ1n) is 10.3. The highest BCUT2D eigenvalue weighted by Crippen LogP contribution is 2.31. The number of nitrogens with zero attached hydrogens (tertiary/aromatic N) is 3. The molecule has 3 fully saturated rings. The number of carbonyl (C=O) groups excluding carboxylic acids is 1. The first-order chi connectivity index (χ1) is 12.8. The van der Waals surface area contributed by atoms with E-state index in [1.807, 2.05) is 0 Å². The number of rotatable bonds is 3. The molecule has 0 radical (unpaired) electrons. The van der Waals surface area contributed by atoms with E-state index in [1.54, 1.807) is 0 Å². The van der Waals surface area contributed by atoms with E-state index in [2.05, 4.69) is 39.0 Å². The minimum atomic E-state index is 0.288. The molecule has 1 aromatic carbocycles. The highest BCUT2D eigenvalue weighted by atomic mass is 16.5. The highest BCUT2D eigenvalue weighted by molar-refractivity contribution is 5.79. The summed E-state index contributed by atoms with van der Waals surface area (Å²) in [6.07, 6.45) is 5.94. The first-order valence-corrected chi connectivity index (χ1v) is 10.3. The summed E-state index contributed by atoms with van der Waals surface area (Å²) in [6, 6.07) is 8.69. The minimum Gasteiger partial charge on any atom is -0.378 e. The van der Waals surface area contributed by atoms with Crippen LogP contribution in [-0.2, 0) is 9.53 Å². The summed E-state index contributed by atoms with van der Waals surface area (Å²) < 4.78 is 5.51. The van der Waals surface area contributed by atoms with Crippen LogP contribution < -0.4 is 9.80 Å². The zero-order chi connectivity index (χ0) is 17.8. The summed E-state index contributed by atoms with van der Waals surface area (Å²) in [5.74, 6) is 0.696. The molecule has 142 valence electrons. The minimum absolute atomic E-state index is 0.288. The molecule has 0 bridgehead atoms. The maximum Gasteiger partial charge on any atom is 0.225 e. The molecule has 1 amide bonds. The molecule has 2 heterocycles. The van der Waals surface area contributed by atoms with Crippen LogP contribution in [0.2, 0.25) is 0 Å². The van der Waals surface area contributed by atoms with E-state index in [9.17, 15) is 4.79 Å². The highest BCUT2D eigenvalue weighted by Gasteiger charge is 2.29. The van der Waals surface area contributed by atoms with Gasteiger partial charge in [-0.15, -0.1) is 0 Å². The third kappa shape index (κ3) is 3.83. The van der Waals surface area contributed by atoms with Crippen molar-refractivity contribution in [1.82, 2.24) is 4.90 Å². The van der Waals surface area contributed by atoms with Gasteiger partial charge in [-0.1, -0.05) is 31.4 Å². The summed E-state index contributed by atoms with van der Waals surface area (Å²) in [5, 5.41) is 0. The van der Waals surface area contributed by atoms with E-state index in [4.69, 9.17) is 4.74 Å². The summed E-state index contributed by atoms with van der Waals surface area (Å²) in [4.78, 5) is 19.8. The topological polar surface area (TPSA) is 36.0 Å². The lowest BCUT2D eigenvalue weighted by Crippen LogP contribution is -2.51. The number of para-hydroxylation sites is 2. The Balaban J connectivity index is 1.39. The van der Waals surface area contributed by atoms with Gasteiger partial charge in [-0.05, 0) is 25.0 Å². The molecule has 0 atom stereocenters. The Hall–Kier alpha value is -1.75. The van der Waals surface area contributed by atoms with Gasteiger partial charge < -0.3 is 19.4 Å². The molecule has 1 aromatic rings. The van der Waals surface area contributed by atoms with Crippen LogP contribution in [0.1, 0.15) is 32.1 Å². The molecule has 1 saturated carbocycles. The molecule has 0 N–H and O–H groups in total. The maximum absolute atomic E-state index is 12.8. The van der Waals surface area contributed by atoms with E-state index < -0.39 is 0 Å². The molecule has 0 aromatic heterocycles. The van der Waals surface area contributed by atoms with Gasteiger partial charge in [0.1, 0.15) is 0 Å². The average molecular weight is 357 g/mol. The van der Waals surface area contributed by atoms with Crippen molar-refractivity contribution in [2.75, 3.05) is 62.3 Å². The summed E-state index contributed by atoms with van der Waals surface area (Å²) in [7, 11) is 0. The van der Waals surface area contributed by atoms with Gasteiger partial charge in [0.25, 0.3) is 0 Å². The Labute approximate surface area is 156 Å². The molecular formula is C21H31N3O2. The number of benzene rings is 1. The van der Waals surface area contributed by atoms with Crippen LogP contribution in [0.15, 0.2) is 24.3 Å². The fraction of sp³-hybridized carbons (Fsp3) is 0.667. The fourth-order valence-corrected chi connectivity index (χ4v) is 4.58. The molecule has 26 heavy (non-hydrogen) atoms. The second-order valence-corrected chi connectivity index (χ2v) is 7.74. The monoisotopic (exact) mass is 357 g/mol. The van der Waals surface area contributed by atoms with E-state index in [-0.39, 0.29) is 5.92 Å². The zero-order valence-corrected chi connectivity index (χ0v) is 15.7. The number of carbonyl (C=O) groups is 1. The van der Waals surface area contributed by atoms with Crippen LogP contribution in [0.5, 0.6) is 0 Å². The lowest BCUT2D eigenvalue weighted by Gasteiger charge is -2.40. The van der Waals surface area contributed by atoms with E-state index in [0.717, 1.165) is 65.3 Å². The first kappa shape index (κ1) is 17.7. The summed E-state index contributed by atoms with van der Waals surface area (Å²) >= 11 is 0. The van der Waals surface area contributed by atoms with Crippen LogP contribution in [0.3, 0.4) is 0 Å². The Morgan fingerprint density at radius 1 is 0.808 bits per heavy atom. The van der Waals surface area contributed by atoms with Crippen LogP contribution in [0, 0.1) is 5.92 Å². The third-order valence-corrected chi connectivity index (χ3v) is 6.12. The van der Waals surface area contributed by atoms with Gasteiger partial charge >= 0.3 is 0 Å². The molecule has 0 unspecified atom stereocenters. The second-order valence-electron chi connectivity index (χ2n) is 7.74. The van der Waals surface area contributed by atoms with Crippen molar-refractivity contribution in [2.24, 2.45) is 5.92 Å². The molecule has 0 spiro atoms. The summed E-state index contributed by atoms with van der Waals surface area (Å²) in [6.45, 7) is 7.09. The normalized spacial score (nSPS) is 22.5. The van der Waals surface area contributed by atoms with Gasteiger partial charge in [-0.25, -0.2) is 0 Å². The van der Waals surface area contributed by atoms with Crippen molar-refractivity contribution >= 4 is 17.3 Å². The Morgan fingerprint density at radius 3 is 2.00 bits per heavy atom. The van der Waals surface area contributed by atoms with Gasteiger partial charge in [-0.2, -0.15) is 0 Å². The van der Waals surface area contributed by atoms with Crippen LogP contribution in [0.4, 0.5) is 11.4 Å². The van der Waals surface area contributed by atoms with Crippen molar-refractivity contribution < 1.29 is 9.53 Å². The molecule has 3 aliphatic rings. The van der Waals surface area contributed by atoms with Gasteiger partial charge in [0.15, 0.2) is 0 Å². The number of morpholine rings is 1. The van der Waals surface area contributed by atoms with Crippen molar-refractivity contribution in [2.45, 2.75) is 32.1 Å². The number of hydrogen-bond donors (Lipinski definition) is 0. The average Bonchev–Trinajstić information content (AvgIpc) is 2.75. The Kier molecular flexibility index (Phi) is 5.63. The Bertz CT molecular complexity index is 601. The molecule has 1 aliphatic carbocycles. The van der Waals surface area contributed by atoms with Crippen molar-refractivity contribution in [3.63, 3.8) is 0 Å². The standard InChI is InChI=1S/C21H31N3O2/c25-21(18-6-2-1-3-7-18)24-12-10-22(11-13-24)19-8-4-5-9-20(19)23-14-16-26-17-15-23/h4-5,8-9,18H,1-3,6-7,10-17H2. The molecular weight excluding hydrogens is 326 g/mol. The van der Waals surface area contributed by atoms with Gasteiger partial charge in [-0.3, -0.25) is 4.79 Å². The lowest BCUT2D eigenvalue weighted by molar-refractivity contribution is -0.136. The summed E-state index contributed by atoms with van der Waals surface area (Å²) in [5.41, 5.74) is 2.61. The predicted octanol–water partition coefficient (Wildman–Crippen LogP) is 2.75. The molecule has 4 rings (SSSR count). The molecule has 5 heteroatoms. The number of amides is 1. The van der Waals surface area contributed by atoms with Gasteiger partial charge in [0.2, 0.25) is 5.91 Å². The predicted molar refractivity (Wildman–Crippen MR) is 105 cm³/mol. The quantitative estimate of drug-likeness (QED) is 0.833. The fourth-order valence-electron chi connectivity index (χ4n) is 4.58. The van der Waals surface area contributed by atoms with Crippen molar-refractivity contribution in [1.29, 1.82) is 0 Å². The number of hydrogen-bond acceptors (Lipinski definition) is 4. The Morgan fingerprint density at radius 2 is 1.38 bits per heavy atom. The zero-order valence-electron chi connectivity index (χ0n) is 15.7. The van der Waals surface area contributed by atoms with Crippen LogP contribution >= 0.6 is 0 Å². The second kappa shape index (κ2) is 8.30. The van der Waals surface area contributed by atoms with Crippen molar-refractivity contribution in [3.05, 3.63) is 24.3 Å². The smallest absolute Gasteiger partial charge is 0.225 e. The van der Waals surface area contributed by atoms with E-state index in [0.29, 0.717) is 5.91 Å². The number of anilines is 2. The SMILES string of the molecule is O=C(C1CCCCC1)N1CCN(c2ccccc2N2CCOCC2)CC1. The van der Waals surface area contributed by atoms with Crippen molar-refractivity contribution in [3.8, 4) is 0 Å². The lowest BCUT2D eigenvalue weighted by atomic mass is 9.88. The van der Waals surface area contributed by atoms with E-state index >= 15 is 0 Å². The largest absolute Gasteiger partial charge is 0.378 e.